The van der Waals surface area contributed by atoms with Crippen LogP contribution < -0.4 is 0 Å². The zero-order valence-electron chi connectivity index (χ0n) is 5.22. The van der Waals surface area contributed by atoms with Crippen LogP contribution in [0.4, 0.5) is 4.79 Å². The van der Waals surface area contributed by atoms with Crippen molar-refractivity contribution in [1.82, 2.24) is 0 Å². The van der Waals surface area contributed by atoms with Gasteiger partial charge in [-0.15, -0.1) is 0 Å². The first kappa shape index (κ1) is 16.1. The monoisotopic (exact) mass is 122 g/mol. The summed E-state index contributed by atoms with van der Waals surface area (Å²) in [5.74, 6) is 0. The summed E-state index contributed by atoms with van der Waals surface area (Å²) in [7, 11) is 0. The maximum Gasteiger partial charge on any atom is 2.00 e. The number of hydrogen-bond acceptors (Lipinski definition) is 1. The average Bonchev–Trinajstić information content (AvgIpc) is 0.811. The van der Waals surface area contributed by atoms with Crippen LogP contribution >= 0.6 is 9.90 Å². The molecule has 1 unspecified atom stereocenters. The predicted molar refractivity (Wildman–Crippen MR) is 29.7 cm³/mol. The second-order valence-electron chi connectivity index (χ2n) is 0.283. The first-order valence-electron chi connectivity index (χ1n) is 0.651. The van der Waals surface area contributed by atoms with Crippen molar-refractivity contribution in [3.63, 3.8) is 0 Å². The van der Waals surface area contributed by atoms with Crippen LogP contribution in [0.25, 0.3) is 0 Å². The van der Waals surface area contributed by atoms with E-state index in [1.165, 1.54) is 0 Å². The van der Waals surface area contributed by atoms with Gasteiger partial charge >= 0.3 is 29.2 Å². The summed E-state index contributed by atoms with van der Waals surface area (Å²) >= 11 is 0. The smallest absolute Gasteiger partial charge is 1.00 e. The molecule has 6 heavy (non-hydrogen) atoms. The molecule has 36 valence electrons. The Hall–Kier alpha value is 0.466. The minimum Gasteiger partial charge on any atom is -1.00 e. The van der Waals surface area contributed by atoms with Gasteiger partial charge in [-0.25, -0.2) is 4.79 Å². The van der Waals surface area contributed by atoms with Crippen molar-refractivity contribution in [2.24, 2.45) is 0 Å². The molecule has 0 radical (unpaired) electrons. The maximum atomic E-state index is 8.56. The van der Waals surface area contributed by atoms with Gasteiger partial charge in [0.05, 0.1) is 0 Å². The molecule has 0 saturated carbocycles. The molecule has 0 bridgehead atoms. The second-order valence-corrected chi connectivity index (χ2v) is 0.283. The number of carboxylic acid groups (broad SMARTS) is 2. The van der Waals surface area contributed by atoms with Gasteiger partial charge in [-0.05, 0) is 0 Å². The molecular weight excluding hydrogens is 115 g/mol. The van der Waals surface area contributed by atoms with Crippen LogP contribution in [0, 0.1) is 0 Å². The summed E-state index contributed by atoms with van der Waals surface area (Å²) in [5.41, 5.74) is 0. The van der Waals surface area contributed by atoms with E-state index in [9.17, 15) is 0 Å². The molecule has 0 aromatic carbocycles. The first-order valence-corrected chi connectivity index (χ1v) is 0.651. The van der Waals surface area contributed by atoms with Crippen LogP contribution in [0.15, 0.2) is 0 Å². The minimum atomic E-state index is -1.83. The Morgan fingerprint density at radius 3 is 1.50 bits per heavy atom. The largest absolute Gasteiger partial charge is 2.00 e. The van der Waals surface area contributed by atoms with Gasteiger partial charge in [-0.3, -0.25) is 0 Å². The van der Waals surface area contributed by atoms with E-state index in [2.05, 4.69) is 0 Å². The van der Waals surface area contributed by atoms with Gasteiger partial charge in [0.1, 0.15) is 0 Å². The van der Waals surface area contributed by atoms with Crippen molar-refractivity contribution in [1.29, 1.82) is 0 Å². The van der Waals surface area contributed by atoms with Crippen LogP contribution in [0.1, 0.15) is 2.85 Å². The van der Waals surface area contributed by atoms with Gasteiger partial charge in [-0.1, -0.05) is 0 Å². The van der Waals surface area contributed by atoms with E-state index < -0.39 is 6.16 Å². The molecule has 3 nitrogen and oxygen atoms in total. The summed E-state index contributed by atoms with van der Waals surface area (Å²) in [6.45, 7) is 0. The van der Waals surface area contributed by atoms with Crippen molar-refractivity contribution in [3.05, 3.63) is 0 Å². The predicted octanol–water partition coefficient (Wildman–Crippen LogP) is 0.125. The third-order valence-electron chi connectivity index (χ3n) is 0. The zero-order valence-corrected chi connectivity index (χ0v) is 6.05. The molecular formula is CH7MgO3P. The van der Waals surface area contributed by atoms with E-state index in [0.29, 0.717) is 0 Å². The summed E-state index contributed by atoms with van der Waals surface area (Å²) in [6.07, 6.45) is -1.83. The summed E-state index contributed by atoms with van der Waals surface area (Å²) in [6, 6.07) is 0. The SMILES string of the molecule is O=C(O)O.P.[H-].[H-].[Mg+2]. The molecule has 1 atom stereocenters. The van der Waals surface area contributed by atoms with E-state index in [1.54, 1.807) is 0 Å². The van der Waals surface area contributed by atoms with Crippen LogP contribution in [0.5, 0.6) is 0 Å². The van der Waals surface area contributed by atoms with E-state index in [4.69, 9.17) is 15.0 Å². The molecule has 0 amide bonds. The molecule has 0 aliphatic heterocycles. The Morgan fingerprint density at radius 2 is 1.50 bits per heavy atom. The van der Waals surface area contributed by atoms with Gasteiger partial charge in [0.2, 0.25) is 0 Å². The van der Waals surface area contributed by atoms with Crippen molar-refractivity contribution >= 4 is 39.1 Å². The number of carbonyl (C=O) groups is 1. The van der Waals surface area contributed by atoms with E-state index in [-0.39, 0.29) is 35.8 Å². The summed E-state index contributed by atoms with van der Waals surface area (Å²) in [5, 5.41) is 13.9. The quantitative estimate of drug-likeness (QED) is 0.354. The van der Waals surface area contributed by atoms with Crippen molar-refractivity contribution in [3.8, 4) is 0 Å². The van der Waals surface area contributed by atoms with Crippen LogP contribution in [-0.2, 0) is 0 Å². The fourth-order valence-corrected chi connectivity index (χ4v) is 0. The Kier molecular flexibility index (Phi) is 24.3. The molecule has 0 aliphatic rings. The molecule has 5 heteroatoms. The fraction of sp³-hybridized carbons (Fsp3) is 0. The van der Waals surface area contributed by atoms with Gasteiger partial charge < -0.3 is 13.1 Å². The Morgan fingerprint density at radius 1 is 1.50 bits per heavy atom. The van der Waals surface area contributed by atoms with Crippen molar-refractivity contribution in [2.45, 2.75) is 0 Å². The summed E-state index contributed by atoms with van der Waals surface area (Å²) < 4.78 is 0. The molecule has 0 heterocycles. The molecule has 0 aromatic rings. The maximum absolute atomic E-state index is 8.56. The first-order chi connectivity index (χ1) is 1.73. The van der Waals surface area contributed by atoms with Crippen molar-refractivity contribution < 1.29 is 17.9 Å². The van der Waals surface area contributed by atoms with Crippen LogP contribution in [0.3, 0.4) is 0 Å². The third kappa shape index (κ3) is 247. The molecule has 2 N–H and O–H groups in total. The van der Waals surface area contributed by atoms with Gasteiger partial charge in [0, 0.05) is 0 Å². The Balaban J connectivity index is -0.00000000750. The number of hydrogen-bond donors (Lipinski definition) is 2. The van der Waals surface area contributed by atoms with Crippen molar-refractivity contribution in [2.75, 3.05) is 0 Å². The van der Waals surface area contributed by atoms with Gasteiger partial charge in [0.15, 0.2) is 0 Å². The van der Waals surface area contributed by atoms with Gasteiger partial charge in [0.25, 0.3) is 0 Å². The standard InChI is InChI=1S/CH2O3.Mg.H3P.2H/c2-1(3)4;;;;/h(H2,2,3,4);;1H3;;/q;+2;;2*-1. The zero-order chi connectivity index (χ0) is 3.58. The number of rotatable bonds is 0. The summed E-state index contributed by atoms with van der Waals surface area (Å²) in [4.78, 5) is 8.56. The second kappa shape index (κ2) is 9.08. The van der Waals surface area contributed by atoms with Crippen LogP contribution in [-0.4, -0.2) is 39.4 Å². The molecule has 0 aliphatic carbocycles. The minimum absolute atomic E-state index is 0. The van der Waals surface area contributed by atoms with E-state index in [1.807, 2.05) is 0 Å². The third-order valence-corrected chi connectivity index (χ3v) is 0. The van der Waals surface area contributed by atoms with E-state index >= 15 is 0 Å². The molecule has 0 fully saturated rings. The topological polar surface area (TPSA) is 57.5 Å². The Bertz CT molecular complexity index is 40.3. The molecule has 0 saturated heterocycles. The molecule has 0 aromatic heterocycles. The Labute approximate surface area is 57.5 Å². The van der Waals surface area contributed by atoms with E-state index in [0.717, 1.165) is 0 Å². The fourth-order valence-electron chi connectivity index (χ4n) is 0. The molecule has 0 spiro atoms. The normalized spacial score (nSPS) is 4.00. The van der Waals surface area contributed by atoms with Crippen LogP contribution in [0.2, 0.25) is 0 Å². The molecule has 0 rings (SSSR count). The average molecular weight is 122 g/mol. The van der Waals surface area contributed by atoms with Gasteiger partial charge in [-0.2, -0.15) is 9.90 Å².